The zero-order chi connectivity index (χ0) is 13.8. The Morgan fingerprint density at radius 2 is 1.79 bits per heavy atom. The van der Waals surface area contributed by atoms with Gasteiger partial charge >= 0.3 is 0 Å². The second-order valence-corrected chi connectivity index (χ2v) is 5.31. The van der Waals surface area contributed by atoms with Gasteiger partial charge in [0.15, 0.2) is 5.78 Å². The van der Waals surface area contributed by atoms with Gasteiger partial charge in [-0.1, -0.05) is 44.9 Å². The highest BCUT2D eigenvalue weighted by Gasteiger charge is 2.23. The van der Waals surface area contributed by atoms with Crippen molar-refractivity contribution in [3.05, 3.63) is 35.5 Å². The first-order valence-electron chi connectivity index (χ1n) is 7.30. The number of carbonyl (C=O) groups is 1. The molecule has 0 bridgehead atoms. The van der Waals surface area contributed by atoms with E-state index < -0.39 is 0 Å². The number of Topliss-reactive ketones (excluding diaryl/α,β-unsaturated/α-hetero) is 1. The van der Waals surface area contributed by atoms with E-state index in [0.717, 1.165) is 47.8 Å². The molecular formula is C17H23NO. The van der Waals surface area contributed by atoms with Gasteiger partial charge in [-0.15, -0.1) is 0 Å². The van der Waals surface area contributed by atoms with Crippen molar-refractivity contribution in [2.24, 2.45) is 5.92 Å². The normalized spacial score (nSPS) is 11.4. The molecule has 0 saturated carbocycles. The number of benzene rings is 1. The van der Waals surface area contributed by atoms with E-state index in [-0.39, 0.29) is 5.92 Å². The molecule has 0 aliphatic rings. The number of para-hydroxylation sites is 1. The quantitative estimate of drug-likeness (QED) is 0.735. The fraction of sp³-hybridized carbons (Fsp3) is 0.471. The number of ketones is 1. The number of rotatable bonds is 6. The Kier molecular flexibility index (Phi) is 4.41. The molecule has 0 aliphatic carbocycles. The van der Waals surface area contributed by atoms with E-state index in [4.69, 9.17) is 0 Å². The minimum absolute atomic E-state index is 0.174. The predicted octanol–water partition coefficient (Wildman–Crippen LogP) is 4.88. The Morgan fingerprint density at radius 3 is 2.42 bits per heavy atom. The van der Waals surface area contributed by atoms with Crippen molar-refractivity contribution in [2.75, 3.05) is 0 Å². The van der Waals surface area contributed by atoms with Gasteiger partial charge in [-0.25, -0.2) is 0 Å². The molecule has 0 unspecified atom stereocenters. The summed E-state index contributed by atoms with van der Waals surface area (Å²) < 4.78 is 0. The van der Waals surface area contributed by atoms with Crippen molar-refractivity contribution in [1.29, 1.82) is 0 Å². The Morgan fingerprint density at radius 1 is 1.16 bits per heavy atom. The third kappa shape index (κ3) is 2.73. The highest BCUT2D eigenvalue weighted by Crippen LogP contribution is 2.27. The maximum Gasteiger partial charge on any atom is 0.168 e. The van der Waals surface area contributed by atoms with Crippen LogP contribution in [0.15, 0.2) is 24.3 Å². The Hall–Kier alpha value is -1.57. The SMILES string of the molecule is CCCC(CCC)C(=O)c1c(C)[nH]c2ccccc12. The molecule has 1 N–H and O–H groups in total. The molecular weight excluding hydrogens is 234 g/mol. The van der Waals surface area contributed by atoms with E-state index in [1.165, 1.54) is 0 Å². The Bertz CT molecular complexity index is 562. The minimum Gasteiger partial charge on any atom is -0.358 e. The summed E-state index contributed by atoms with van der Waals surface area (Å²) in [6.07, 6.45) is 4.12. The van der Waals surface area contributed by atoms with E-state index in [2.05, 4.69) is 18.8 Å². The Balaban J connectivity index is 2.42. The molecule has 2 aromatic rings. The van der Waals surface area contributed by atoms with Crippen LogP contribution in [0.4, 0.5) is 0 Å². The van der Waals surface area contributed by atoms with Crippen LogP contribution in [-0.2, 0) is 0 Å². The van der Waals surface area contributed by atoms with Gasteiger partial charge in [0.25, 0.3) is 0 Å². The monoisotopic (exact) mass is 257 g/mol. The third-order valence-corrected chi connectivity index (χ3v) is 3.79. The highest BCUT2D eigenvalue weighted by molar-refractivity contribution is 6.10. The molecule has 1 heterocycles. The minimum atomic E-state index is 0.174. The highest BCUT2D eigenvalue weighted by atomic mass is 16.1. The van der Waals surface area contributed by atoms with Crippen LogP contribution in [0.5, 0.6) is 0 Å². The van der Waals surface area contributed by atoms with Gasteiger partial charge in [0.1, 0.15) is 0 Å². The summed E-state index contributed by atoms with van der Waals surface area (Å²) in [6.45, 7) is 6.30. The lowest BCUT2D eigenvalue weighted by atomic mass is 9.88. The van der Waals surface area contributed by atoms with Crippen LogP contribution < -0.4 is 0 Å². The van der Waals surface area contributed by atoms with Crippen molar-refractivity contribution < 1.29 is 4.79 Å². The topological polar surface area (TPSA) is 32.9 Å². The first-order chi connectivity index (χ1) is 9.19. The number of fused-ring (bicyclic) bond motifs is 1. The zero-order valence-corrected chi connectivity index (χ0v) is 12.1. The van der Waals surface area contributed by atoms with Gasteiger partial charge in [-0.2, -0.15) is 0 Å². The molecule has 1 aromatic heterocycles. The number of aromatic nitrogens is 1. The second-order valence-electron chi connectivity index (χ2n) is 5.31. The fourth-order valence-electron chi connectivity index (χ4n) is 2.90. The lowest BCUT2D eigenvalue weighted by Gasteiger charge is -2.14. The zero-order valence-electron chi connectivity index (χ0n) is 12.1. The summed E-state index contributed by atoms with van der Waals surface area (Å²) in [6, 6.07) is 8.08. The molecule has 19 heavy (non-hydrogen) atoms. The molecule has 102 valence electrons. The molecule has 1 aromatic carbocycles. The lowest BCUT2D eigenvalue weighted by Crippen LogP contribution is -2.15. The van der Waals surface area contributed by atoms with Crippen LogP contribution in [0.1, 0.15) is 55.6 Å². The molecule has 2 heteroatoms. The smallest absolute Gasteiger partial charge is 0.168 e. The van der Waals surface area contributed by atoms with Gasteiger partial charge < -0.3 is 4.98 Å². The van der Waals surface area contributed by atoms with Crippen LogP contribution in [0.2, 0.25) is 0 Å². The van der Waals surface area contributed by atoms with Gasteiger partial charge in [0.2, 0.25) is 0 Å². The maximum absolute atomic E-state index is 12.8. The van der Waals surface area contributed by atoms with Crippen molar-refractivity contribution >= 4 is 16.7 Å². The van der Waals surface area contributed by atoms with E-state index in [0.29, 0.717) is 5.78 Å². The molecule has 0 atom stereocenters. The number of H-pyrrole nitrogens is 1. The number of aryl methyl sites for hydroxylation is 1. The largest absolute Gasteiger partial charge is 0.358 e. The second kappa shape index (κ2) is 6.05. The van der Waals surface area contributed by atoms with Gasteiger partial charge in [-0.05, 0) is 25.8 Å². The van der Waals surface area contributed by atoms with Crippen LogP contribution in [0.3, 0.4) is 0 Å². The van der Waals surface area contributed by atoms with E-state index in [9.17, 15) is 4.79 Å². The summed E-state index contributed by atoms with van der Waals surface area (Å²) in [5, 5.41) is 1.07. The van der Waals surface area contributed by atoms with Gasteiger partial charge in [-0.3, -0.25) is 4.79 Å². The van der Waals surface area contributed by atoms with E-state index in [1.807, 2.05) is 31.2 Å². The summed E-state index contributed by atoms with van der Waals surface area (Å²) in [5.74, 6) is 0.492. The first kappa shape index (κ1) is 13.9. The Labute approximate surface area is 115 Å². The molecule has 2 nitrogen and oxygen atoms in total. The third-order valence-electron chi connectivity index (χ3n) is 3.79. The molecule has 0 radical (unpaired) electrons. The standard InChI is InChI=1S/C17H23NO/c1-4-8-13(9-5-2)17(19)16-12(3)18-15-11-7-6-10-14(15)16/h6-7,10-11,13,18H,4-5,8-9H2,1-3H3. The van der Waals surface area contributed by atoms with Gasteiger partial charge in [0.05, 0.1) is 0 Å². The van der Waals surface area contributed by atoms with Crippen LogP contribution in [0.25, 0.3) is 10.9 Å². The first-order valence-corrected chi connectivity index (χ1v) is 7.30. The van der Waals surface area contributed by atoms with E-state index in [1.54, 1.807) is 0 Å². The average molecular weight is 257 g/mol. The summed E-state index contributed by atoms with van der Waals surface area (Å²) >= 11 is 0. The average Bonchev–Trinajstić information content (AvgIpc) is 2.73. The van der Waals surface area contributed by atoms with Crippen molar-refractivity contribution in [1.82, 2.24) is 4.98 Å². The summed E-state index contributed by atoms with van der Waals surface area (Å²) in [4.78, 5) is 16.1. The maximum atomic E-state index is 12.8. The van der Waals surface area contributed by atoms with E-state index >= 15 is 0 Å². The number of hydrogen-bond donors (Lipinski definition) is 1. The van der Waals surface area contributed by atoms with Gasteiger partial charge in [0, 0.05) is 28.1 Å². The van der Waals surface area contributed by atoms with Crippen molar-refractivity contribution in [3.63, 3.8) is 0 Å². The number of aromatic amines is 1. The van der Waals surface area contributed by atoms with Crippen LogP contribution in [-0.4, -0.2) is 10.8 Å². The van der Waals surface area contributed by atoms with Crippen LogP contribution >= 0.6 is 0 Å². The summed E-state index contributed by atoms with van der Waals surface area (Å²) in [7, 11) is 0. The molecule has 0 aliphatic heterocycles. The predicted molar refractivity (Wildman–Crippen MR) is 80.7 cm³/mol. The van der Waals surface area contributed by atoms with Crippen molar-refractivity contribution in [3.8, 4) is 0 Å². The number of hydrogen-bond acceptors (Lipinski definition) is 1. The van der Waals surface area contributed by atoms with Crippen molar-refractivity contribution in [2.45, 2.75) is 46.5 Å². The molecule has 0 fully saturated rings. The van der Waals surface area contributed by atoms with Crippen LogP contribution in [0, 0.1) is 12.8 Å². The molecule has 0 spiro atoms. The number of nitrogens with one attached hydrogen (secondary N) is 1. The molecule has 0 saturated heterocycles. The fourth-order valence-corrected chi connectivity index (χ4v) is 2.90. The lowest BCUT2D eigenvalue weighted by molar-refractivity contribution is 0.0906. The molecule has 0 amide bonds. The number of carbonyl (C=O) groups excluding carboxylic acids is 1. The summed E-state index contributed by atoms with van der Waals surface area (Å²) in [5.41, 5.74) is 2.97. The molecule has 2 rings (SSSR count).